The van der Waals surface area contributed by atoms with E-state index in [-0.39, 0.29) is 6.04 Å². The van der Waals surface area contributed by atoms with Crippen LogP contribution in [0, 0.1) is 5.92 Å². The minimum atomic E-state index is 0.258. The maximum Gasteiger partial charge on any atom is 0.182 e. The number of nitrogens with two attached hydrogens (primary N) is 1. The SMILES string of the molecule is CC(C1CCCC1)n1nnnc1-c1cc(N)c(Cl)c(Cl)c1. The largest absolute Gasteiger partial charge is 0.397 e. The summed E-state index contributed by atoms with van der Waals surface area (Å²) in [7, 11) is 0. The van der Waals surface area contributed by atoms with Crippen molar-refractivity contribution in [3.8, 4) is 11.4 Å². The van der Waals surface area contributed by atoms with Crippen LogP contribution < -0.4 is 5.73 Å². The fourth-order valence-corrected chi connectivity index (χ4v) is 3.37. The van der Waals surface area contributed by atoms with Crippen molar-refractivity contribution in [3.05, 3.63) is 22.2 Å². The summed E-state index contributed by atoms with van der Waals surface area (Å²) in [6.45, 7) is 2.16. The summed E-state index contributed by atoms with van der Waals surface area (Å²) in [4.78, 5) is 0. The predicted octanol–water partition coefficient (Wildman–Crippen LogP) is 3.98. The Bertz CT molecular complexity index is 626. The average molecular weight is 326 g/mol. The zero-order chi connectivity index (χ0) is 15.0. The highest BCUT2D eigenvalue weighted by Gasteiger charge is 2.26. The first-order chi connectivity index (χ1) is 10.1. The molecule has 2 aromatic rings. The van der Waals surface area contributed by atoms with E-state index < -0.39 is 0 Å². The lowest BCUT2D eigenvalue weighted by Crippen LogP contribution is -2.16. The quantitative estimate of drug-likeness (QED) is 0.866. The summed E-state index contributed by atoms with van der Waals surface area (Å²) in [5, 5.41) is 12.9. The molecule has 1 aromatic carbocycles. The summed E-state index contributed by atoms with van der Waals surface area (Å²) in [5.41, 5.74) is 7.10. The molecule has 2 N–H and O–H groups in total. The van der Waals surface area contributed by atoms with Crippen molar-refractivity contribution >= 4 is 28.9 Å². The van der Waals surface area contributed by atoms with E-state index in [1.807, 2.05) is 4.68 Å². The molecule has 0 aliphatic heterocycles. The van der Waals surface area contributed by atoms with Gasteiger partial charge in [0.25, 0.3) is 0 Å². The topological polar surface area (TPSA) is 69.6 Å². The Morgan fingerprint density at radius 2 is 2.00 bits per heavy atom. The lowest BCUT2D eigenvalue weighted by Gasteiger charge is -2.20. The molecule has 112 valence electrons. The summed E-state index contributed by atoms with van der Waals surface area (Å²) in [6, 6.07) is 3.77. The van der Waals surface area contributed by atoms with Gasteiger partial charge in [0.05, 0.1) is 21.8 Å². The van der Waals surface area contributed by atoms with Gasteiger partial charge in [-0.2, -0.15) is 0 Å². The van der Waals surface area contributed by atoms with Crippen molar-refractivity contribution in [2.75, 3.05) is 5.73 Å². The zero-order valence-corrected chi connectivity index (χ0v) is 13.3. The van der Waals surface area contributed by atoms with E-state index >= 15 is 0 Å². The van der Waals surface area contributed by atoms with Gasteiger partial charge in [0.15, 0.2) is 5.82 Å². The van der Waals surface area contributed by atoms with Gasteiger partial charge in [-0.15, -0.1) is 5.10 Å². The van der Waals surface area contributed by atoms with Crippen LogP contribution in [0.15, 0.2) is 12.1 Å². The van der Waals surface area contributed by atoms with Gasteiger partial charge in [0.1, 0.15) is 0 Å². The van der Waals surface area contributed by atoms with Gasteiger partial charge in [-0.3, -0.25) is 0 Å². The molecule has 1 atom stereocenters. The third kappa shape index (κ3) is 2.72. The van der Waals surface area contributed by atoms with Gasteiger partial charge in [-0.05, 0) is 48.2 Å². The Balaban J connectivity index is 1.98. The molecule has 1 unspecified atom stereocenters. The lowest BCUT2D eigenvalue weighted by atomic mass is 9.99. The number of anilines is 1. The molecule has 1 aliphatic carbocycles. The Hall–Kier alpha value is -1.33. The van der Waals surface area contributed by atoms with E-state index in [1.165, 1.54) is 25.7 Å². The van der Waals surface area contributed by atoms with E-state index in [2.05, 4.69) is 22.4 Å². The highest BCUT2D eigenvalue weighted by Crippen LogP contribution is 2.37. The number of halogens is 2. The molecule has 1 aliphatic rings. The molecular formula is C14H17Cl2N5. The summed E-state index contributed by atoms with van der Waals surface area (Å²) in [5.74, 6) is 1.30. The summed E-state index contributed by atoms with van der Waals surface area (Å²) < 4.78 is 1.87. The monoisotopic (exact) mass is 325 g/mol. The number of tetrazole rings is 1. The molecule has 1 saturated carbocycles. The molecule has 1 aromatic heterocycles. The van der Waals surface area contributed by atoms with E-state index in [9.17, 15) is 0 Å². The number of nitrogens with zero attached hydrogens (tertiary/aromatic N) is 4. The standard InChI is InChI=1S/C14H17Cl2N5/c1-8(9-4-2-3-5-9)21-14(18-19-20-21)10-6-11(15)13(16)12(17)7-10/h6-9H,2-5,17H2,1H3. The number of benzene rings is 1. The maximum atomic E-state index is 6.11. The van der Waals surface area contributed by atoms with Gasteiger partial charge in [0, 0.05) is 5.56 Å². The van der Waals surface area contributed by atoms with Crippen molar-refractivity contribution < 1.29 is 0 Å². The molecule has 1 fully saturated rings. The van der Waals surface area contributed by atoms with Crippen LogP contribution in [-0.2, 0) is 0 Å². The first-order valence-corrected chi connectivity index (χ1v) is 7.86. The van der Waals surface area contributed by atoms with E-state index in [0.717, 1.165) is 5.56 Å². The molecule has 5 nitrogen and oxygen atoms in total. The summed E-state index contributed by atoms with van der Waals surface area (Å²) in [6.07, 6.45) is 5.02. The van der Waals surface area contributed by atoms with Gasteiger partial charge in [-0.25, -0.2) is 4.68 Å². The number of hydrogen-bond acceptors (Lipinski definition) is 4. The number of rotatable bonds is 3. The zero-order valence-electron chi connectivity index (χ0n) is 11.8. The van der Waals surface area contributed by atoms with Crippen LogP contribution in [-0.4, -0.2) is 20.2 Å². The number of nitrogen functional groups attached to an aromatic ring is 1. The fraction of sp³-hybridized carbons (Fsp3) is 0.500. The minimum absolute atomic E-state index is 0.258. The van der Waals surface area contributed by atoms with Crippen molar-refractivity contribution in [3.63, 3.8) is 0 Å². The van der Waals surface area contributed by atoms with Crippen LogP contribution in [0.4, 0.5) is 5.69 Å². The van der Waals surface area contributed by atoms with Gasteiger partial charge >= 0.3 is 0 Å². The predicted molar refractivity (Wildman–Crippen MR) is 84.4 cm³/mol. The van der Waals surface area contributed by atoms with Gasteiger partial charge < -0.3 is 5.73 Å². The van der Waals surface area contributed by atoms with Gasteiger partial charge in [-0.1, -0.05) is 36.0 Å². The molecule has 0 bridgehead atoms. The number of aromatic nitrogens is 4. The molecule has 0 radical (unpaired) electrons. The van der Waals surface area contributed by atoms with Crippen LogP contribution >= 0.6 is 23.2 Å². The molecule has 3 rings (SSSR count). The summed E-state index contributed by atoms with van der Waals surface area (Å²) >= 11 is 12.1. The van der Waals surface area contributed by atoms with E-state index in [4.69, 9.17) is 28.9 Å². The highest BCUT2D eigenvalue weighted by atomic mass is 35.5. The second-order valence-corrected chi connectivity index (χ2v) is 6.38. The van der Waals surface area contributed by atoms with Crippen molar-refractivity contribution in [1.82, 2.24) is 20.2 Å². The lowest BCUT2D eigenvalue weighted by molar-refractivity contribution is 0.332. The molecule has 0 spiro atoms. The highest BCUT2D eigenvalue weighted by molar-refractivity contribution is 6.43. The van der Waals surface area contributed by atoms with Gasteiger partial charge in [0.2, 0.25) is 0 Å². The second kappa shape index (κ2) is 5.81. The Morgan fingerprint density at radius 3 is 2.67 bits per heavy atom. The third-order valence-electron chi connectivity index (χ3n) is 4.28. The molecule has 1 heterocycles. The van der Waals surface area contributed by atoms with Crippen LogP contribution in [0.3, 0.4) is 0 Å². The molecule has 0 saturated heterocycles. The molecule has 0 amide bonds. The average Bonchev–Trinajstić information content (AvgIpc) is 3.14. The molecule has 7 heteroatoms. The Kier molecular flexibility index (Phi) is 4.04. The molecule has 21 heavy (non-hydrogen) atoms. The van der Waals surface area contributed by atoms with E-state index in [1.54, 1.807) is 12.1 Å². The van der Waals surface area contributed by atoms with Crippen LogP contribution in [0.1, 0.15) is 38.6 Å². The Labute approximate surface area is 133 Å². The third-order valence-corrected chi connectivity index (χ3v) is 5.09. The van der Waals surface area contributed by atoms with Crippen LogP contribution in [0.25, 0.3) is 11.4 Å². The number of hydrogen-bond donors (Lipinski definition) is 1. The van der Waals surface area contributed by atoms with Crippen molar-refractivity contribution in [2.24, 2.45) is 5.92 Å². The fourth-order valence-electron chi connectivity index (χ4n) is 3.04. The Morgan fingerprint density at radius 1 is 1.29 bits per heavy atom. The smallest absolute Gasteiger partial charge is 0.182 e. The maximum absolute atomic E-state index is 6.11. The van der Waals surface area contributed by atoms with Crippen LogP contribution in [0.5, 0.6) is 0 Å². The first kappa shape index (κ1) is 14.6. The van der Waals surface area contributed by atoms with E-state index in [0.29, 0.717) is 27.5 Å². The second-order valence-electron chi connectivity index (χ2n) is 5.59. The van der Waals surface area contributed by atoms with Crippen LogP contribution in [0.2, 0.25) is 10.0 Å². The first-order valence-electron chi connectivity index (χ1n) is 7.10. The van der Waals surface area contributed by atoms with Crippen molar-refractivity contribution in [1.29, 1.82) is 0 Å². The van der Waals surface area contributed by atoms with Crippen molar-refractivity contribution in [2.45, 2.75) is 38.6 Å². The minimum Gasteiger partial charge on any atom is -0.397 e. The normalized spacial score (nSPS) is 17.3. The molecular weight excluding hydrogens is 309 g/mol.